The second kappa shape index (κ2) is 9.98. The number of rotatable bonds is 8. The van der Waals surface area contributed by atoms with E-state index >= 15 is 0 Å². The van der Waals surface area contributed by atoms with Gasteiger partial charge in [0.1, 0.15) is 17.2 Å². The van der Waals surface area contributed by atoms with Crippen LogP contribution in [-0.2, 0) is 13.1 Å². The topological polar surface area (TPSA) is 59.9 Å². The minimum atomic E-state index is -0.509. The van der Waals surface area contributed by atoms with E-state index in [0.717, 1.165) is 16.3 Å². The minimum Gasteiger partial charge on any atom is -0.463 e. The van der Waals surface area contributed by atoms with Crippen LogP contribution in [0.15, 0.2) is 42.5 Å². The molecule has 0 saturated carbocycles. The lowest BCUT2D eigenvalue weighted by Crippen LogP contribution is -2.08. The summed E-state index contributed by atoms with van der Waals surface area (Å²) in [4.78, 5) is 14.5. The Morgan fingerprint density at radius 2 is 1.75 bits per heavy atom. The lowest BCUT2D eigenvalue weighted by Gasteiger charge is -2.10. The number of hydrogen-bond donors (Lipinski definition) is 1. The Balaban J connectivity index is 1.71. The van der Waals surface area contributed by atoms with Crippen LogP contribution < -0.4 is 10.1 Å². The van der Waals surface area contributed by atoms with Gasteiger partial charge in [0.25, 0.3) is 0 Å². The lowest BCUT2D eigenvalue weighted by atomic mass is 10.1. The van der Waals surface area contributed by atoms with Crippen molar-refractivity contribution < 1.29 is 9.13 Å². The number of anilines is 2. The van der Waals surface area contributed by atoms with Crippen molar-refractivity contribution in [2.24, 2.45) is 5.92 Å². The Morgan fingerprint density at radius 1 is 1.03 bits per heavy atom. The maximum Gasteiger partial charge on any atom is 0.319 e. The molecule has 5 nitrogen and oxygen atoms in total. The molecular formula is C23H21Cl2FN4OS. The molecule has 1 N–H and O–H groups in total. The predicted molar refractivity (Wildman–Crippen MR) is 129 cm³/mol. The van der Waals surface area contributed by atoms with Gasteiger partial charge in [-0.25, -0.2) is 9.37 Å². The van der Waals surface area contributed by atoms with Crippen LogP contribution in [0.5, 0.6) is 6.01 Å². The first kappa shape index (κ1) is 22.7. The van der Waals surface area contributed by atoms with Crippen LogP contribution in [0, 0.1) is 5.92 Å². The van der Waals surface area contributed by atoms with E-state index in [-0.39, 0.29) is 6.01 Å². The first-order valence-electron chi connectivity index (χ1n) is 10.1. The summed E-state index contributed by atoms with van der Waals surface area (Å²) < 4.78 is 18.6. The molecule has 2 aromatic heterocycles. The Hall–Kier alpha value is -2.48. The maximum atomic E-state index is 12.8. The summed E-state index contributed by atoms with van der Waals surface area (Å²) in [6.07, 6.45) is 0.479. The van der Waals surface area contributed by atoms with Gasteiger partial charge in [-0.15, -0.1) is 0 Å². The molecule has 2 heterocycles. The van der Waals surface area contributed by atoms with Gasteiger partial charge in [-0.2, -0.15) is 9.97 Å². The van der Waals surface area contributed by atoms with Crippen molar-refractivity contribution in [1.82, 2.24) is 15.0 Å². The van der Waals surface area contributed by atoms with E-state index in [1.165, 1.54) is 11.3 Å². The van der Waals surface area contributed by atoms with Crippen LogP contribution in [0.3, 0.4) is 0 Å². The van der Waals surface area contributed by atoms with Crippen LogP contribution in [-0.4, -0.2) is 21.6 Å². The van der Waals surface area contributed by atoms with Crippen molar-refractivity contribution in [2.75, 3.05) is 11.9 Å². The van der Waals surface area contributed by atoms with Crippen LogP contribution >= 0.6 is 34.5 Å². The Labute approximate surface area is 199 Å². The highest BCUT2D eigenvalue weighted by Crippen LogP contribution is 2.33. The van der Waals surface area contributed by atoms with Crippen LogP contribution in [0.2, 0.25) is 10.0 Å². The van der Waals surface area contributed by atoms with Gasteiger partial charge in [-0.05, 0) is 41.3 Å². The Bertz CT molecular complexity index is 1210. The minimum absolute atomic E-state index is 0.278. The highest BCUT2D eigenvalue weighted by Gasteiger charge is 2.17. The van der Waals surface area contributed by atoms with Crippen molar-refractivity contribution in [2.45, 2.75) is 26.9 Å². The summed E-state index contributed by atoms with van der Waals surface area (Å²) in [5.41, 5.74) is 2.81. The molecule has 0 aliphatic carbocycles. The van der Waals surface area contributed by atoms with Gasteiger partial charge in [-0.3, -0.25) is 0 Å². The van der Waals surface area contributed by atoms with Crippen molar-refractivity contribution in [3.8, 4) is 6.01 Å². The number of nitrogens with one attached hydrogen (secondary N) is 1. The number of thiazole rings is 1. The number of aromatic nitrogens is 3. The largest absolute Gasteiger partial charge is 0.463 e. The van der Waals surface area contributed by atoms with Crippen molar-refractivity contribution >= 4 is 56.4 Å². The monoisotopic (exact) mass is 490 g/mol. The van der Waals surface area contributed by atoms with Crippen LogP contribution in [0.4, 0.5) is 15.9 Å². The molecular weight excluding hydrogens is 470 g/mol. The van der Waals surface area contributed by atoms with Crippen molar-refractivity contribution in [1.29, 1.82) is 0 Å². The fourth-order valence-corrected chi connectivity index (χ4v) is 4.45. The SMILES string of the molecule is CC(C)COc1nc(Nc2ccc(CF)cc2)c2nc(Cc3c(Cl)cccc3Cl)sc2n1. The van der Waals surface area contributed by atoms with E-state index in [9.17, 15) is 4.39 Å². The third-order valence-corrected chi connectivity index (χ3v) is 6.25. The summed E-state index contributed by atoms with van der Waals surface area (Å²) in [7, 11) is 0. The second-order valence-electron chi connectivity index (χ2n) is 7.65. The fourth-order valence-electron chi connectivity index (χ4n) is 2.98. The van der Waals surface area contributed by atoms with E-state index in [1.807, 2.05) is 18.2 Å². The smallest absolute Gasteiger partial charge is 0.319 e. The number of ether oxygens (including phenoxy) is 1. The second-order valence-corrected chi connectivity index (χ2v) is 9.53. The van der Waals surface area contributed by atoms with Crippen LogP contribution in [0.25, 0.3) is 10.3 Å². The summed E-state index contributed by atoms with van der Waals surface area (Å²) in [6, 6.07) is 12.8. The Morgan fingerprint density at radius 3 is 2.41 bits per heavy atom. The van der Waals surface area contributed by atoms with E-state index in [0.29, 0.717) is 50.7 Å². The Kier molecular flexibility index (Phi) is 7.08. The summed E-state index contributed by atoms with van der Waals surface area (Å²) in [6.45, 7) is 4.10. The van der Waals surface area contributed by atoms with E-state index in [1.54, 1.807) is 24.3 Å². The highest BCUT2D eigenvalue weighted by atomic mass is 35.5. The van der Waals surface area contributed by atoms with Crippen molar-refractivity contribution in [3.05, 3.63) is 68.6 Å². The molecule has 0 bridgehead atoms. The average molecular weight is 491 g/mol. The standard InChI is InChI=1S/C23H21Cl2FN4OS/c1-13(2)12-31-23-29-21(27-15-8-6-14(11-26)7-9-15)20-22(30-23)32-19(28-20)10-16-17(24)4-3-5-18(16)25/h3-9,13H,10-12H2,1-2H3,(H,27,29,30). The van der Waals surface area contributed by atoms with Gasteiger partial charge in [0.2, 0.25) is 0 Å². The first-order valence-corrected chi connectivity index (χ1v) is 11.6. The van der Waals surface area contributed by atoms with Crippen molar-refractivity contribution in [3.63, 3.8) is 0 Å². The zero-order valence-electron chi connectivity index (χ0n) is 17.5. The van der Waals surface area contributed by atoms with Gasteiger partial charge < -0.3 is 10.1 Å². The molecule has 2 aromatic carbocycles. The number of fused-ring (bicyclic) bond motifs is 1. The summed E-state index contributed by atoms with van der Waals surface area (Å²) in [5.74, 6) is 0.854. The molecule has 0 fully saturated rings. The van der Waals surface area contributed by atoms with Gasteiger partial charge in [0.05, 0.1) is 6.61 Å². The molecule has 32 heavy (non-hydrogen) atoms. The maximum absolute atomic E-state index is 12.8. The molecule has 0 atom stereocenters. The van der Waals surface area contributed by atoms with Gasteiger partial charge in [0.15, 0.2) is 10.6 Å². The molecule has 166 valence electrons. The van der Waals surface area contributed by atoms with Gasteiger partial charge >= 0.3 is 6.01 Å². The molecule has 0 aliphatic rings. The van der Waals surface area contributed by atoms with Crippen LogP contribution in [0.1, 0.15) is 30.0 Å². The molecule has 0 radical (unpaired) electrons. The van der Waals surface area contributed by atoms with E-state index < -0.39 is 6.67 Å². The third-order valence-electron chi connectivity index (χ3n) is 4.59. The molecule has 9 heteroatoms. The molecule has 0 amide bonds. The quantitative estimate of drug-likeness (QED) is 0.282. The zero-order valence-corrected chi connectivity index (χ0v) is 19.9. The summed E-state index contributed by atoms with van der Waals surface area (Å²) in [5, 5.41) is 5.26. The normalized spacial score (nSPS) is 11.3. The average Bonchev–Trinajstić information content (AvgIpc) is 3.18. The van der Waals surface area contributed by atoms with E-state index in [2.05, 4.69) is 29.1 Å². The fraction of sp³-hybridized carbons (Fsp3) is 0.261. The van der Waals surface area contributed by atoms with E-state index in [4.69, 9.17) is 32.9 Å². The molecule has 0 saturated heterocycles. The molecule has 0 unspecified atom stereocenters. The van der Waals surface area contributed by atoms with Gasteiger partial charge in [-0.1, -0.05) is 66.6 Å². The summed E-state index contributed by atoms with van der Waals surface area (Å²) >= 11 is 14.1. The lowest BCUT2D eigenvalue weighted by molar-refractivity contribution is 0.252. The third kappa shape index (κ3) is 5.28. The van der Waals surface area contributed by atoms with Gasteiger partial charge in [0, 0.05) is 22.2 Å². The highest BCUT2D eigenvalue weighted by molar-refractivity contribution is 7.18. The molecule has 4 rings (SSSR count). The zero-order chi connectivity index (χ0) is 22.7. The number of alkyl halides is 1. The molecule has 4 aromatic rings. The molecule has 0 spiro atoms. The number of nitrogens with zero attached hydrogens (tertiary/aromatic N) is 3. The number of hydrogen-bond acceptors (Lipinski definition) is 6. The number of halogens is 3. The number of benzene rings is 2. The first-order chi connectivity index (χ1) is 15.4. The predicted octanol–water partition coefficient (Wildman–Crippen LogP) is 7.23. The molecule has 0 aliphatic heterocycles.